The van der Waals surface area contributed by atoms with E-state index in [-0.39, 0.29) is 0 Å². The molecule has 6 nitrogen and oxygen atoms in total. The van der Waals surface area contributed by atoms with Crippen LogP contribution in [0.4, 0.5) is 0 Å². The highest BCUT2D eigenvalue weighted by Crippen LogP contribution is 2.47. The maximum atomic E-state index is 6.53. The molecule has 0 unspecified atom stereocenters. The molecule has 2 aliphatic heterocycles. The number of fused-ring (bicyclic) bond motifs is 2. The average molecular weight is 399 g/mol. The molecular formula is C23H30N2O4. The summed E-state index contributed by atoms with van der Waals surface area (Å²) in [5.74, 6) is 3.50. The topological polar surface area (TPSA) is 43.4 Å². The Kier molecular flexibility index (Phi) is 5.56. The lowest BCUT2D eigenvalue weighted by molar-refractivity contribution is 0.290. The molecule has 0 spiro atoms. The Bertz CT molecular complexity index is 912. The minimum atomic E-state index is 0.626. The first-order valence-corrected chi connectivity index (χ1v) is 10.1. The Labute approximate surface area is 172 Å². The first-order chi connectivity index (χ1) is 14.0. The van der Waals surface area contributed by atoms with E-state index in [9.17, 15) is 0 Å². The van der Waals surface area contributed by atoms with Gasteiger partial charge in [0.15, 0.2) is 23.0 Å². The summed E-state index contributed by atoms with van der Waals surface area (Å²) in [6.07, 6.45) is 1.96. The summed E-state index contributed by atoms with van der Waals surface area (Å²) in [5, 5.41) is 0. The van der Waals surface area contributed by atoms with Crippen molar-refractivity contribution >= 4 is 0 Å². The standard InChI is InChI=1S/C23H30N2O4/c1-24-8-6-15-10-20(19(26-3)12-17(15)13-24)29-22-18-14-25(2)9-7-16(18)11-21(27-4)23(22)28-5/h10-12H,6-9,13-14H2,1-5H3. The molecule has 0 saturated carbocycles. The van der Waals surface area contributed by atoms with Crippen LogP contribution in [0.5, 0.6) is 28.7 Å². The second kappa shape index (κ2) is 8.13. The van der Waals surface area contributed by atoms with Crippen LogP contribution in [0.15, 0.2) is 18.2 Å². The van der Waals surface area contributed by atoms with Gasteiger partial charge >= 0.3 is 0 Å². The van der Waals surface area contributed by atoms with Crippen LogP contribution < -0.4 is 18.9 Å². The zero-order chi connectivity index (χ0) is 20.5. The Morgan fingerprint density at radius 2 is 1.28 bits per heavy atom. The molecule has 2 aromatic carbocycles. The van der Waals surface area contributed by atoms with Crippen LogP contribution in [-0.4, -0.2) is 58.3 Å². The van der Waals surface area contributed by atoms with Crippen LogP contribution >= 0.6 is 0 Å². The molecule has 0 saturated heterocycles. The number of likely N-dealkylation sites (N-methyl/N-ethyl adjacent to an activating group) is 2. The predicted octanol–water partition coefficient (Wildman–Crippen LogP) is 3.48. The number of hydrogen-bond acceptors (Lipinski definition) is 6. The molecule has 29 heavy (non-hydrogen) atoms. The first-order valence-electron chi connectivity index (χ1n) is 10.1. The van der Waals surface area contributed by atoms with Crippen molar-refractivity contribution in [1.29, 1.82) is 0 Å². The van der Waals surface area contributed by atoms with Crippen molar-refractivity contribution < 1.29 is 18.9 Å². The van der Waals surface area contributed by atoms with Crippen LogP contribution in [0.2, 0.25) is 0 Å². The van der Waals surface area contributed by atoms with Crippen LogP contribution in [0.1, 0.15) is 22.3 Å². The van der Waals surface area contributed by atoms with E-state index in [4.69, 9.17) is 18.9 Å². The summed E-state index contributed by atoms with van der Waals surface area (Å²) in [7, 11) is 9.28. The van der Waals surface area contributed by atoms with Crippen molar-refractivity contribution in [3.8, 4) is 28.7 Å². The van der Waals surface area contributed by atoms with Crippen LogP contribution in [-0.2, 0) is 25.9 Å². The average Bonchev–Trinajstić information content (AvgIpc) is 2.73. The van der Waals surface area contributed by atoms with Gasteiger partial charge in [-0.15, -0.1) is 0 Å². The quantitative estimate of drug-likeness (QED) is 0.768. The maximum Gasteiger partial charge on any atom is 0.204 e. The highest BCUT2D eigenvalue weighted by molar-refractivity contribution is 5.62. The van der Waals surface area contributed by atoms with Gasteiger partial charge in [-0.3, -0.25) is 0 Å². The van der Waals surface area contributed by atoms with Gasteiger partial charge in [-0.25, -0.2) is 0 Å². The lowest BCUT2D eigenvalue weighted by Gasteiger charge is -2.29. The molecule has 0 atom stereocenters. The molecule has 0 aliphatic carbocycles. The predicted molar refractivity (Wildman–Crippen MR) is 113 cm³/mol. The van der Waals surface area contributed by atoms with E-state index < -0.39 is 0 Å². The smallest absolute Gasteiger partial charge is 0.204 e. The van der Waals surface area contributed by atoms with Gasteiger partial charge in [-0.1, -0.05) is 0 Å². The Balaban J connectivity index is 1.81. The molecule has 156 valence electrons. The number of ether oxygens (including phenoxy) is 4. The second-order valence-corrected chi connectivity index (χ2v) is 7.93. The number of hydrogen-bond donors (Lipinski definition) is 0. The van der Waals surface area contributed by atoms with Crippen molar-refractivity contribution in [2.45, 2.75) is 25.9 Å². The van der Waals surface area contributed by atoms with Crippen LogP contribution in [0.25, 0.3) is 0 Å². The molecule has 0 N–H and O–H groups in total. The second-order valence-electron chi connectivity index (χ2n) is 7.93. The van der Waals surface area contributed by atoms with Crippen molar-refractivity contribution in [2.24, 2.45) is 0 Å². The zero-order valence-corrected chi connectivity index (χ0v) is 18.0. The van der Waals surface area contributed by atoms with Crippen LogP contribution in [0.3, 0.4) is 0 Å². The van der Waals surface area contributed by atoms with Gasteiger partial charge in [0.05, 0.1) is 21.3 Å². The molecule has 0 amide bonds. The summed E-state index contributed by atoms with van der Waals surface area (Å²) in [4.78, 5) is 4.61. The van der Waals surface area contributed by atoms with E-state index in [2.05, 4.69) is 42.1 Å². The van der Waals surface area contributed by atoms with E-state index in [0.717, 1.165) is 61.8 Å². The minimum Gasteiger partial charge on any atom is -0.493 e. The molecule has 2 aliphatic rings. The molecule has 2 aromatic rings. The third-order valence-corrected chi connectivity index (χ3v) is 5.91. The van der Waals surface area contributed by atoms with Gasteiger partial charge in [0.25, 0.3) is 0 Å². The number of nitrogens with zero attached hydrogens (tertiary/aromatic N) is 2. The number of benzene rings is 2. The molecule has 0 radical (unpaired) electrons. The zero-order valence-electron chi connectivity index (χ0n) is 18.0. The van der Waals surface area contributed by atoms with Gasteiger partial charge in [-0.05, 0) is 61.8 Å². The summed E-state index contributed by atoms with van der Waals surface area (Å²) in [6, 6.07) is 6.30. The Hall–Kier alpha value is -2.44. The van der Waals surface area contributed by atoms with Crippen molar-refractivity contribution in [3.05, 3.63) is 40.5 Å². The Morgan fingerprint density at radius 3 is 1.97 bits per heavy atom. The van der Waals surface area contributed by atoms with E-state index in [0.29, 0.717) is 11.5 Å². The molecular weight excluding hydrogens is 368 g/mol. The highest BCUT2D eigenvalue weighted by atomic mass is 16.5. The highest BCUT2D eigenvalue weighted by Gasteiger charge is 2.27. The van der Waals surface area contributed by atoms with Crippen LogP contribution in [0, 0.1) is 0 Å². The monoisotopic (exact) mass is 398 g/mol. The molecule has 0 fully saturated rings. The molecule has 0 aromatic heterocycles. The fraction of sp³-hybridized carbons (Fsp3) is 0.478. The lowest BCUT2D eigenvalue weighted by atomic mass is 9.97. The van der Waals surface area contributed by atoms with Gasteiger partial charge in [0.1, 0.15) is 0 Å². The normalized spacial score (nSPS) is 16.7. The third kappa shape index (κ3) is 3.74. The number of rotatable bonds is 5. The lowest BCUT2D eigenvalue weighted by Crippen LogP contribution is -2.27. The molecule has 2 heterocycles. The molecule has 6 heteroatoms. The van der Waals surface area contributed by atoms with Crippen molar-refractivity contribution in [3.63, 3.8) is 0 Å². The van der Waals surface area contributed by atoms with Gasteiger partial charge in [0.2, 0.25) is 5.75 Å². The SMILES string of the molecule is COc1cc2c(cc1Oc1c3c(cc(OC)c1OC)CCN(C)C3)CCN(C)C2. The molecule has 4 rings (SSSR count). The van der Waals surface area contributed by atoms with Gasteiger partial charge < -0.3 is 28.7 Å². The van der Waals surface area contributed by atoms with Gasteiger partial charge in [0, 0.05) is 31.7 Å². The summed E-state index contributed by atoms with van der Waals surface area (Å²) < 4.78 is 23.6. The molecule has 0 bridgehead atoms. The fourth-order valence-electron chi connectivity index (χ4n) is 4.27. The summed E-state index contributed by atoms with van der Waals surface area (Å²) >= 11 is 0. The van der Waals surface area contributed by atoms with Crippen molar-refractivity contribution in [2.75, 3.05) is 48.5 Å². The maximum absolute atomic E-state index is 6.53. The van der Waals surface area contributed by atoms with Gasteiger partial charge in [-0.2, -0.15) is 0 Å². The summed E-state index contributed by atoms with van der Waals surface area (Å²) in [6.45, 7) is 3.79. The van der Waals surface area contributed by atoms with E-state index in [1.54, 1.807) is 21.3 Å². The van der Waals surface area contributed by atoms with E-state index in [1.807, 2.05) is 0 Å². The van der Waals surface area contributed by atoms with E-state index in [1.165, 1.54) is 16.7 Å². The third-order valence-electron chi connectivity index (χ3n) is 5.91. The summed E-state index contributed by atoms with van der Waals surface area (Å²) in [5.41, 5.74) is 5.00. The Morgan fingerprint density at radius 1 is 0.655 bits per heavy atom. The minimum absolute atomic E-state index is 0.626. The van der Waals surface area contributed by atoms with Crippen molar-refractivity contribution in [1.82, 2.24) is 9.80 Å². The fourth-order valence-corrected chi connectivity index (χ4v) is 4.27. The first kappa shape index (κ1) is 19.9. The number of methoxy groups -OCH3 is 3. The van der Waals surface area contributed by atoms with E-state index >= 15 is 0 Å². The largest absolute Gasteiger partial charge is 0.493 e.